The molecule has 0 aromatic carbocycles. The molecule has 0 spiro atoms. The van der Waals surface area contributed by atoms with Gasteiger partial charge in [0.05, 0.1) is 0 Å². The van der Waals surface area contributed by atoms with Crippen molar-refractivity contribution >= 4 is 0 Å². The zero-order chi connectivity index (χ0) is 9.26. The van der Waals surface area contributed by atoms with Crippen molar-refractivity contribution in [1.29, 1.82) is 0 Å². The summed E-state index contributed by atoms with van der Waals surface area (Å²) in [6.45, 7) is 6.19. The smallest absolute Gasteiger partial charge is 0.0180 e. The lowest BCUT2D eigenvalue weighted by molar-refractivity contribution is 0.272. The zero-order valence-corrected chi connectivity index (χ0v) is 8.58. The molecule has 0 amide bonds. The summed E-state index contributed by atoms with van der Waals surface area (Å²) in [5, 5.41) is 0. The predicted octanol–water partition coefficient (Wildman–Crippen LogP) is -0.0289. The Kier molecular flexibility index (Phi) is 2.86. The van der Waals surface area contributed by atoms with Crippen molar-refractivity contribution in [3.8, 4) is 0 Å². The Labute approximate surface area is 80.9 Å². The molecule has 0 bridgehead atoms. The summed E-state index contributed by atoms with van der Waals surface area (Å²) in [5.41, 5.74) is 5.87. The molecule has 2 N–H and O–H groups in total. The summed E-state index contributed by atoms with van der Waals surface area (Å²) in [6.07, 6.45) is 2.57. The largest absolute Gasteiger partial charge is 0.326 e. The second-order valence-corrected chi connectivity index (χ2v) is 4.73. The number of nitrogens with two attached hydrogens (primary N) is 1. The summed E-state index contributed by atoms with van der Waals surface area (Å²) in [7, 11) is 2.22. The SMILES string of the molecule is CN1CCC(CN2CCC(N)C2)C1. The van der Waals surface area contributed by atoms with Crippen molar-refractivity contribution < 1.29 is 0 Å². The Morgan fingerprint density at radius 1 is 1.23 bits per heavy atom. The maximum Gasteiger partial charge on any atom is 0.0180 e. The van der Waals surface area contributed by atoms with Gasteiger partial charge in [0.2, 0.25) is 0 Å². The molecule has 0 aromatic heterocycles. The van der Waals surface area contributed by atoms with E-state index in [4.69, 9.17) is 5.73 Å². The van der Waals surface area contributed by atoms with Crippen LogP contribution in [0.5, 0.6) is 0 Å². The monoisotopic (exact) mass is 183 g/mol. The Morgan fingerprint density at radius 2 is 2.08 bits per heavy atom. The quantitative estimate of drug-likeness (QED) is 0.652. The molecule has 2 aliphatic heterocycles. The van der Waals surface area contributed by atoms with Gasteiger partial charge in [0, 0.05) is 25.7 Å². The van der Waals surface area contributed by atoms with Crippen LogP contribution in [0.1, 0.15) is 12.8 Å². The third-order valence-corrected chi connectivity index (χ3v) is 3.31. The molecule has 3 heteroatoms. The van der Waals surface area contributed by atoms with Gasteiger partial charge in [0.25, 0.3) is 0 Å². The molecular formula is C10H21N3. The zero-order valence-electron chi connectivity index (χ0n) is 8.58. The van der Waals surface area contributed by atoms with Crippen LogP contribution in [-0.2, 0) is 0 Å². The number of rotatable bonds is 2. The van der Waals surface area contributed by atoms with E-state index in [1.807, 2.05) is 0 Å². The van der Waals surface area contributed by atoms with E-state index in [0.717, 1.165) is 12.5 Å². The predicted molar refractivity (Wildman–Crippen MR) is 54.6 cm³/mol. The lowest BCUT2D eigenvalue weighted by Crippen LogP contribution is -2.31. The first-order chi connectivity index (χ1) is 6.24. The van der Waals surface area contributed by atoms with Crippen LogP contribution in [0.25, 0.3) is 0 Å². The normalized spacial score (nSPS) is 37.4. The molecule has 2 unspecified atom stereocenters. The summed E-state index contributed by atoms with van der Waals surface area (Å²) < 4.78 is 0. The van der Waals surface area contributed by atoms with E-state index in [1.165, 1.54) is 39.0 Å². The third-order valence-electron chi connectivity index (χ3n) is 3.31. The van der Waals surface area contributed by atoms with E-state index in [9.17, 15) is 0 Å². The Bertz CT molecular complexity index is 154. The molecule has 2 aliphatic rings. The molecule has 0 aliphatic carbocycles. The minimum atomic E-state index is 0.444. The molecule has 3 nitrogen and oxygen atoms in total. The van der Waals surface area contributed by atoms with Crippen LogP contribution in [-0.4, -0.2) is 55.6 Å². The van der Waals surface area contributed by atoms with E-state index in [0.29, 0.717) is 6.04 Å². The molecule has 0 saturated carbocycles. The minimum Gasteiger partial charge on any atom is -0.326 e. The number of hydrogen-bond acceptors (Lipinski definition) is 3. The van der Waals surface area contributed by atoms with Crippen molar-refractivity contribution in [2.45, 2.75) is 18.9 Å². The molecular weight excluding hydrogens is 162 g/mol. The molecule has 0 aromatic rings. The van der Waals surface area contributed by atoms with Gasteiger partial charge in [-0.3, -0.25) is 0 Å². The lowest BCUT2D eigenvalue weighted by Gasteiger charge is -2.19. The van der Waals surface area contributed by atoms with Crippen LogP contribution in [0.15, 0.2) is 0 Å². The standard InChI is InChI=1S/C10H21N3/c1-12-4-2-9(6-12)7-13-5-3-10(11)8-13/h9-10H,2-8,11H2,1H3. The fourth-order valence-corrected chi connectivity index (χ4v) is 2.57. The van der Waals surface area contributed by atoms with Crippen molar-refractivity contribution in [2.24, 2.45) is 11.7 Å². The van der Waals surface area contributed by atoms with Gasteiger partial charge in [-0.25, -0.2) is 0 Å². The molecule has 2 fully saturated rings. The van der Waals surface area contributed by atoms with Gasteiger partial charge in [-0.15, -0.1) is 0 Å². The van der Waals surface area contributed by atoms with Crippen LogP contribution >= 0.6 is 0 Å². The van der Waals surface area contributed by atoms with Gasteiger partial charge in [-0.1, -0.05) is 0 Å². The van der Waals surface area contributed by atoms with E-state index in [1.54, 1.807) is 0 Å². The fourth-order valence-electron chi connectivity index (χ4n) is 2.57. The highest BCUT2D eigenvalue weighted by Crippen LogP contribution is 2.18. The molecule has 13 heavy (non-hydrogen) atoms. The first-order valence-electron chi connectivity index (χ1n) is 5.40. The lowest BCUT2D eigenvalue weighted by atomic mass is 10.1. The van der Waals surface area contributed by atoms with Crippen LogP contribution in [0.3, 0.4) is 0 Å². The molecule has 2 atom stereocenters. The van der Waals surface area contributed by atoms with Crippen LogP contribution in [0.2, 0.25) is 0 Å². The summed E-state index contributed by atoms with van der Waals surface area (Å²) in [4.78, 5) is 4.97. The fraction of sp³-hybridized carbons (Fsp3) is 1.00. The van der Waals surface area contributed by atoms with Crippen molar-refractivity contribution in [3.05, 3.63) is 0 Å². The third kappa shape index (κ3) is 2.42. The van der Waals surface area contributed by atoms with Gasteiger partial charge in [0.1, 0.15) is 0 Å². The number of hydrogen-bond donors (Lipinski definition) is 1. The molecule has 0 radical (unpaired) electrons. The molecule has 2 saturated heterocycles. The average molecular weight is 183 g/mol. The second kappa shape index (κ2) is 3.95. The van der Waals surface area contributed by atoms with Gasteiger partial charge in [0.15, 0.2) is 0 Å². The van der Waals surface area contributed by atoms with Crippen molar-refractivity contribution in [1.82, 2.24) is 9.80 Å². The highest BCUT2D eigenvalue weighted by Gasteiger charge is 2.25. The highest BCUT2D eigenvalue weighted by atomic mass is 15.2. The maximum absolute atomic E-state index is 5.87. The van der Waals surface area contributed by atoms with E-state index in [-0.39, 0.29) is 0 Å². The Hall–Kier alpha value is -0.120. The summed E-state index contributed by atoms with van der Waals surface area (Å²) in [5.74, 6) is 0.898. The van der Waals surface area contributed by atoms with Crippen LogP contribution < -0.4 is 5.73 Å². The van der Waals surface area contributed by atoms with Gasteiger partial charge < -0.3 is 15.5 Å². The highest BCUT2D eigenvalue weighted by molar-refractivity contribution is 4.82. The van der Waals surface area contributed by atoms with Crippen LogP contribution in [0.4, 0.5) is 0 Å². The first-order valence-corrected chi connectivity index (χ1v) is 5.40. The summed E-state index contributed by atoms with van der Waals surface area (Å²) >= 11 is 0. The summed E-state index contributed by atoms with van der Waals surface area (Å²) in [6, 6.07) is 0.444. The minimum absolute atomic E-state index is 0.444. The van der Waals surface area contributed by atoms with Gasteiger partial charge in [-0.05, 0) is 38.9 Å². The topological polar surface area (TPSA) is 32.5 Å². The first kappa shape index (κ1) is 9.44. The van der Waals surface area contributed by atoms with E-state index < -0.39 is 0 Å². The second-order valence-electron chi connectivity index (χ2n) is 4.73. The van der Waals surface area contributed by atoms with Gasteiger partial charge in [-0.2, -0.15) is 0 Å². The average Bonchev–Trinajstić information content (AvgIpc) is 2.62. The Balaban J connectivity index is 1.72. The Morgan fingerprint density at radius 3 is 2.62 bits per heavy atom. The van der Waals surface area contributed by atoms with Crippen LogP contribution in [0, 0.1) is 5.92 Å². The number of nitrogens with zero attached hydrogens (tertiary/aromatic N) is 2. The number of likely N-dealkylation sites (tertiary alicyclic amines) is 2. The van der Waals surface area contributed by atoms with Gasteiger partial charge >= 0.3 is 0 Å². The van der Waals surface area contributed by atoms with Crippen molar-refractivity contribution in [2.75, 3.05) is 39.8 Å². The van der Waals surface area contributed by atoms with E-state index >= 15 is 0 Å². The van der Waals surface area contributed by atoms with E-state index in [2.05, 4.69) is 16.8 Å². The molecule has 76 valence electrons. The molecule has 2 heterocycles. The maximum atomic E-state index is 5.87. The van der Waals surface area contributed by atoms with Crippen molar-refractivity contribution in [3.63, 3.8) is 0 Å². The molecule has 2 rings (SSSR count).